The fraction of sp³-hybridized carbons (Fsp3) is 0.423. The summed E-state index contributed by atoms with van der Waals surface area (Å²) in [5.74, 6) is -2.28. The largest absolute Gasteiger partial charge is 0.475 e. The molecule has 186 valence electrons. The second-order valence-electron chi connectivity index (χ2n) is 9.30. The lowest BCUT2D eigenvalue weighted by Gasteiger charge is -2.47. The number of nitrogens with one attached hydrogen (secondary N) is 2. The van der Waals surface area contributed by atoms with Crippen LogP contribution in [0.25, 0.3) is 0 Å². The van der Waals surface area contributed by atoms with E-state index in [1.165, 1.54) is 4.90 Å². The van der Waals surface area contributed by atoms with E-state index in [-0.39, 0.29) is 17.7 Å². The average molecular weight is 479 g/mol. The molecule has 3 atom stereocenters. The van der Waals surface area contributed by atoms with Gasteiger partial charge < -0.3 is 25.6 Å². The van der Waals surface area contributed by atoms with Crippen LogP contribution >= 0.6 is 0 Å². The van der Waals surface area contributed by atoms with Crippen LogP contribution in [0.2, 0.25) is 0 Å². The third-order valence-corrected chi connectivity index (χ3v) is 6.77. The number of rotatable bonds is 9. The van der Waals surface area contributed by atoms with Crippen molar-refractivity contribution in [3.8, 4) is 0 Å². The van der Waals surface area contributed by atoms with Gasteiger partial charge in [0.1, 0.15) is 11.6 Å². The Bertz CT molecular complexity index is 1020. The number of hydrogen-bond donors (Lipinski definition) is 4. The molecule has 4 N–H and O–H groups in total. The number of piperidine rings is 1. The Balaban J connectivity index is 1.98. The summed E-state index contributed by atoms with van der Waals surface area (Å²) in [4.78, 5) is 42.2. The van der Waals surface area contributed by atoms with Crippen molar-refractivity contribution >= 4 is 24.8 Å². The molecule has 0 bridgehead atoms. The van der Waals surface area contributed by atoms with Crippen molar-refractivity contribution in [2.45, 2.75) is 57.6 Å². The zero-order valence-electron chi connectivity index (χ0n) is 20.5. The van der Waals surface area contributed by atoms with Gasteiger partial charge in [0, 0.05) is 12.1 Å². The number of nitrogens with zero attached hydrogens (tertiary/aromatic N) is 1. The molecule has 35 heavy (non-hydrogen) atoms. The van der Waals surface area contributed by atoms with Gasteiger partial charge in [-0.05, 0) is 42.9 Å². The Morgan fingerprint density at radius 2 is 1.66 bits per heavy atom. The van der Waals surface area contributed by atoms with Gasteiger partial charge in [-0.3, -0.25) is 14.4 Å². The van der Waals surface area contributed by atoms with E-state index in [1.807, 2.05) is 26.0 Å². The predicted octanol–water partition coefficient (Wildman–Crippen LogP) is 2.08. The minimum absolute atomic E-state index is 0.229. The highest BCUT2D eigenvalue weighted by Crippen LogP contribution is 2.35. The minimum Gasteiger partial charge on any atom is -0.426 e. The molecule has 1 aliphatic rings. The standard InChI is InChI=1S/C26H34BN3O5/c1-4-21(27(34)35)28-24(32)22(19-12-7-5-8-13-19)30-17-11-16-26(18(2)3,25(30)33)29-23(31)20-14-9-6-10-15-20/h5-10,12-15,18,21-22,34-35H,4,11,16-17H2,1-3H3,(H,28,32)(H,29,31)/t21?,22-,26?/m0/s1. The topological polar surface area (TPSA) is 119 Å². The van der Waals surface area contributed by atoms with Gasteiger partial charge in [0.05, 0.1) is 5.94 Å². The SMILES string of the molecule is CCC(NC(=O)[C@H](c1ccccc1)N1CCCC(NC(=O)c2ccccc2)(C(C)C)C1=O)B(O)O. The van der Waals surface area contributed by atoms with Crippen LogP contribution in [0.1, 0.15) is 62.0 Å². The Morgan fingerprint density at radius 3 is 2.20 bits per heavy atom. The molecule has 0 radical (unpaired) electrons. The first kappa shape index (κ1) is 26.4. The van der Waals surface area contributed by atoms with Gasteiger partial charge in [0.2, 0.25) is 11.8 Å². The summed E-state index contributed by atoms with van der Waals surface area (Å²) >= 11 is 0. The molecular formula is C26H34BN3O5. The third kappa shape index (κ3) is 5.74. The molecule has 0 saturated carbocycles. The highest BCUT2D eigenvalue weighted by atomic mass is 16.4. The molecule has 1 aliphatic heterocycles. The number of amides is 3. The van der Waals surface area contributed by atoms with Gasteiger partial charge in [-0.2, -0.15) is 0 Å². The molecule has 0 aromatic heterocycles. The van der Waals surface area contributed by atoms with Gasteiger partial charge in [0.25, 0.3) is 5.91 Å². The molecule has 2 aromatic rings. The molecule has 0 aliphatic carbocycles. The summed E-state index contributed by atoms with van der Waals surface area (Å²) in [7, 11) is -1.72. The number of likely N-dealkylation sites (tertiary alicyclic amines) is 1. The highest BCUT2D eigenvalue weighted by Gasteiger charge is 2.50. The summed E-state index contributed by atoms with van der Waals surface area (Å²) in [6, 6.07) is 16.7. The van der Waals surface area contributed by atoms with E-state index in [1.54, 1.807) is 55.5 Å². The molecular weight excluding hydrogens is 445 g/mol. The smallest absolute Gasteiger partial charge is 0.426 e. The van der Waals surface area contributed by atoms with Crippen LogP contribution in [0.5, 0.6) is 0 Å². The lowest BCUT2D eigenvalue weighted by molar-refractivity contribution is -0.151. The van der Waals surface area contributed by atoms with Crippen LogP contribution in [0.4, 0.5) is 0 Å². The van der Waals surface area contributed by atoms with Crippen LogP contribution in [-0.2, 0) is 9.59 Å². The van der Waals surface area contributed by atoms with Gasteiger partial charge in [-0.1, -0.05) is 69.3 Å². The predicted molar refractivity (Wildman–Crippen MR) is 134 cm³/mol. The van der Waals surface area contributed by atoms with E-state index in [0.717, 1.165) is 0 Å². The first-order valence-electron chi connectivity index (χ1n) is 12.1. The van der Waals surface area contributed by atoms with Crippen molar-refractivity contribution in [3.63, 3.8) is 0 Å². The second-order valence-corrected chi connectivity index (χ2v) is 9.30. The molecule has 8 nitrogen and oxygen atoms in total. The third-order valence-electron chi connectivity index (χ3n) is 6.77. The van der Waals surface area contributed by atoms with E-state index in [4.69, 9.17) is 0 Å². The molecule has 2 aromatic carbocycles. The van der Waals surface area contributed by atoms with Gasteiger partial charge in [-0.25, -0.2) is 0 Å². The monoisotopic (exact) mass is 479 g/mol. The fourth-order valence-electron chi connectivity index (χ4n) is 4.66. The van der Waals surface area contributed by atoms with Crippen molar-refractivity contribution in [3.05, 3.63) is 71.8 Å². The van der Waals surface area contributed by atoms with Crippen molar-refractivity contribution in [2.75, 3.05) is 6.54 Å². The fourth-order valence-corrected chi connectivity index (χ4v) is 4.66. The van der Waals surface area contributed by atoms with Crippen LogP contribution in [0, 0.1) is 5.92 Å². The first-order chi connectivity index (χ1) is 16.7. The lowest BCUT2D eigenvalue weighted by Crippen LogP contribution is -2.66. The summed E-state index contributed by atoms with van der Waals surface area (Å²) in [5, 5.41) is 25.0. The van der Waals surface area contributed by atoms with Gasteiger partial charge in [0.15, 0.2) is 0 Å². The number of carbonyl (C=O) groups excluding carboxylic acids is 3. The molecule has 3 amide bonds. The van der Waals surface area contributed by atoms with Crippen LogP contribution in [0.15, 0.2) is 60.7 Å². The Morgan fingerprint density at radius 1 is 1.06 bits per heavy atom. The van der Waals surface area contributed by atoms with Crippen molar-refractivity contribution < 1.29 is 24.4 Å². The van der Waals surface area contributed by atoms with Gasteiger partial charge in [-0.15, -0.1) is 0 Å². The van der Waals surface area contributed by atoms with Crippen molar-refractivity contribution in [1.82, 2.24) is 15.5 Å². The van der Waals surface area contributed by atoms with Crippen LogP contribution in [-0.4, -0.2) is 57.8 Å². The lowest BCUT2D eigenvalue weighted by atomic mass is 9.76. The molecule has 0 spiro atoms. The molecule has 1 saturated heterocycles. The Labute approximate surface area is 206 Å². The molecule has 1 fully saturated rings. The van der Waals surface area contributed by atoms with Crippen LogP contribution < -0.4 is 10.6 Å². The van der Waals surface area contributed by atoms with E-state index in [2.05, 4.69) is 10.6 Å². The normalized spacial score (nSPS) is 19.7. The maximum atomic E-state index is 14.1. The molecule has 9 heteroatoms. The average Bonchev–Trinajstić information content (AvgIpc) is 2.85. The molecule has 1 heterocycles. The number of benzene rings is 2. The maximum Gasteiger partial charge on any atom is 0.475 e. The number of hydrogen-bond acceptors (Lipinski definition) is 5. The van der Waals surface area contributed by atoms with Gasteiger partial charge >= 0.3 is 7.12 Å². The molecule has 2 unspecified atom stereocenters. The zero-order valence-corrected chi connectivity index (χ0v) is 20.5. The summed E-state index contributed by atoms with van der Waals surface area (Å²) < 4.78 is 0. The van der Waals surface area contributed by atoms with E-state index in [9.17, 15) is 24.4 Å². The quantitative estimate of drug-likeness (QED) is 0.411. The summed E-state index contributed by atoms with van der Waals surface area (Å²) in [6.07, 6.45) is 1.35. The van der Waals surface area contributed by atoms with Crippen molar-refractivity contribution in [1.29, 1.82) is 0 Å². The molecule has 3 rings (SSSR count). The Hall–Kier alpha value is -3.17. The Kier molecular flexibility index (Phi) is 8.69. The summed E-state index contributed by atoms with van der Waals surface area (Å²) in [5.41, 5.74) is -0.119. The highest BCUT2D eigenvalue weighted by molar-refractivity contribution is 6.43. The van der Waals surface area contributed by atoms with E-state index >= 15 is 0 Å². The minimum atomic E-state index is -1.72. The van der Waals surface area contributed by atoms with E-state index in [0.29, 0.717) is 36.9 Å². The van der Waals surface area contributed by atoms with Crippen LogP contribution in [0.3, 0.4) is 0 Å². The maximum absolute atomic E-state index is 14.1. The number of carbonyl (C=O) groups is 3. The van der Waals surface area contributed by atoms with Crippen molar-refractivity contribution in [2.24, 2.45) is 5.92 Å². The van der Waals surface area contributed by atoms with E-state index < -0.39 is 30.5 Å². The zero-order chi connectivity index (χ0) is 25.6. The first-order valence-corrected chi connectivity index (χ1v) is 12.1. The summed E-state index contributed by atoms with van der Waals surface area (Å²) in [6.45, 7) is 5.84. The second kappa shape index (κ2) is 11.5.